The van der Waals surface area contributed by atoms with Crippen molar-refractivity contribution in [3.05, 3.63) is 59.5 Å². The molecule has 0 saturated heterocycles. The fourth-order valence-corrected chi connectivity index (χ4v) is 3.32. The van der Waals surface area contributed by atoms with Crippen LogP contribution in [0.15, 0.2) is 47.7 Å². The van der Waals surface area contributed by atoms with E-state index >= 15 is 0 Å². The quantitative estimate of drug-likeness (QED) is 0.343. The van der Waals surface area contributed by atoms with Crippen molar-refractivity contribution >= 4 is 40.8 Å². The van der Waals surface area contributed by atoms with Crippen molar-refractivity contribution in [3.8, 4) is 0 Å². The van der Waals surface area contributed by atoms with Gasteiger partial charge in [-0.05, 0) is 42.7 Å². The van der Waals surface area contributed by atoms with Crippen LogP contribution < -0.4 is 5.32 Å². The molecule has 0 bridgehead atoms. The Morgan fingerprint density at radius 3 is 2.77 bits per heavy atom. The van der Waals surface area contributed by atoms with Gasteiger partial charge in [0.2, 0.25) is 0 Å². The van der Waals surface area contributed by atoms with Gasteiger partial charge >= 0.3 is 0 Å². The molecule has 6 heteroatoms. The fraction of sp³-hybridized carbons (Fsp3) is 0.350. The van der Waals surface area contributed by atoms with E-state index in [2.05, 4.69) is 88.5 Å². The molecule has 2 aromatic heterocycles. The Morgan fingerprint density at radius 2 is 2.08 bits per heavy atom. The van der Waals surface area contributed by atoms with Crippen LogP contribution in [-0.4, -0.2) is 41.1 Å². The molecule has 140 valence electrons. The lowest BCUT2D eigenvalue weighted by Gasteiger charge is -2.22. The number of rotatable bonds is 5. The maximum absolute atomic E-state index is 4.41. The summed E-state index contributed by atoms with van der Waals surface area (Å²) in [5.74, 6) is 0.915. The third-order valence-electron chi connectivity index (χ3n) is 4.70. The van der Waals surface area contributed by atoms with Crippen molar-refractivity contribution in [1.82, 2.24) is 19.8 Å². The smallest absolute Gasteiger partial charge is 0.193 e. The molecule has 3 rings (SSSR count). The summed E-state index contributed by atoms with van der Waals surface area (Å²) < 4.78 is 2.14. The number of aryl methyl sites for hydroxylation is 2. The van der Waals surface area contributed by atoms with Crippen LogP contribution in [0.4, 0.5) is 0 Å². The van der Waals surface area contributed by atoms with Crippen LogP contribution in [0, 0.1) is 6.92 Å². The third-order valence-corrected chi connectivity index (χ3v) is 4.70. The first-order valence-corrected chi connectivity index (χ1v) is 8.67. The van der Waals surface area contributed by atoms with Gasteiger partial charge in [0.1, 0.15) is 0 Å². The molecule has 0 aliphatic rings. The van der Waals surface area contributed by atoms with Gasteiger partial charge in [0.05, 0.1) is 6.54 Å². The summed E-state index contributed by atoms with van der Waals surface area (Å²) in [6, 6.07) is 10.6. The van der Waals surface area contributed by atoms with Crippen molar-refractivity contribution in [2.75, 3.05) is 20.6 Å². The minimum atomic E-state index is 0. The van der Waals surface area contributed by atoms with Crippen LogP contribution in [0.2, 0.25) is 0 Å². The van der Waals surface area contributed by atoms with Crippen LogP contribution >= 0.6 is 24.0 Å². The van der Waals surface area contributed by atoms with E-state index in [1.807, 2.05) is 7.05 Å². The highest BCUT2D eigenvalue weighted by Crippen LogP contribution is 2.22. The predicted molar refractivity (Wildman–Crippen MR) is 120 cm³/mol. The van der Waals surface area contributed by atoms with Crippen molar-refractivity contribution in [2.24, 2.45) is 12.0 Å². The number of guanidine groups is 1. The molecule has 0 aliphatic heterocycles. The van der Waals surface area contributed by atoms with Crippen molar-refractivity contribution < 1.29 is 0 Å². The zero-order valence-corrected chi connectivity index (χ0v) is 18.2. The van der Waals surface area contributed by atoms with E-state index in [4.69, 9.17) is 0 Å². The minimum Gasteiger partial charge on any atom is -0.361 e. The Balaban J connectivity index is 0.00000243. The summed E-state index contributed by atoms with van der Waals surface area (Å²) in [5.41, 5.74) is 5.14. The summed E-state index contributed by atoms with van der Waals surface area (Å²) in [6.45, 7) is 3.85. The summed E-state index contributed by atoms with van der Waals surface area (Å²) in [4.78, 5) is 9.93. The van der Waals surface area contributed by atoms with Gasteiger partial charge in [0.15, 0.2) is 5.96 Å². The van der Waals surface area contributed by atoms with Crippen LogP contribution in [0.3, 0.4) is 0 Å². The number of nitrogens with one attached hydrogen (secondary N) is 2. The van der Waals surface area contributed by atoms with Crippen molar-refractivity contribution in [2.45, 2.75) is 19.9 Å². The summed E-state index contributed by atoms with van der Waals surface area (Å²) in [6.07, 6.45) is 5.15. The normalized spacial score (nSPS) is 11.5. The molecular weight excluding hydrogens is 437 g/mol. The zero-order chi connectivity index (χ0) is 17.8. The molecule has 0 unspecified atom stereocenters. The number of aromatic nitrogens is 2. The average molecular weight is 465 g/mol. The Labute approximate surface area is 172 Å². The summed E-state index contributed by atoms with van der Waals surface area (Å²) in [7, 11) is 5.97. The number of nitrogens with zero attached hydrogens (tertiary/aromatic N) is 3. The van der Waals surface area contributed by atoms with E-state index in [0.29, 0.717) is 0 Å². The monoisotopic (exact) mass is 465 g/mol. The van der Waals surface area contributed by atoms with Crippen molar-refractivity contribution in [3.63, 3.8) is 0 Å². The fourth-order valence-electron chi connectivity index (χ4n) is 3.32. The predicted octanol–water partition coefficient (Wildman–Crippen LogP) is 3.68. The summed E-state index contributed by atoms with van der Waals surface area (Å²) >= 11 is 0. The van der Waals surface area contributed by atoms with Crippen LogP contribution in [-0.2, 0) is 20.0 Å². The first-order valence-electron chi connectivity index (χ1n) is 8.67. The molecular formula is C20H28IN5. The molecule has 0 fully saturated rings. The van der Waals surface area contributed by atoms with E-state index in [1.54, 1.807) is 0 Å². The number of hydrogen-bond donors (Lipinski definition) is 2. The van der Waals surface area contributed by atoms with Gasteiger partial charge in [-0.1, -0.05) is 12.1 Å². The molecule has 0 aliphatic carbocycles. The van der Waals surface area contributed by atoms with E-state index in [0.717, 1.165) is 25.5 Å². The lowest BCUT2D eigenvalue weighted by molar-refractivity contribution is 0.462. The Hall–Kier alpha value is -1.96. The molecule has 1 aromatic carbocycles. The average Bonchev–Trinajstić information content (AvgIpc) is 3.19. The SMILES string of the molecule is CN=C(NCCc1c[nH]c2cccc(C)c12)N(C)Cc1cccn1C.I. The molecule has 26 heavy (non-hydrogen) atoms. The molecule has 0 atom stereocenters. The molecule has 0 spiro atoms. The first-order chi connectivity index (χ1) is 12.1. The molecule has 2 N–H and O–H groups in total. The number of halogens is 1. The number of fused-ring (bicyclic) bond motifs is 1. The van der Waals surface area contributed by atoms with Gasteiger partial charge in [0.25, 0.3) is 0 Å². The maximum atomic E-state index is 4.41. The van der Waals surface area contributed by atoms with Gasteiger partial charge in [-0.2, -0.15) is 0 Å². The van der Waals surface area contributed by atoms with Gasteiger partial charge in [-0.3, -0.25) is 4.99 Å². The second kappa shape index (κ2) is 9.12. The highest BCUT2D eigenvalue weighted by atomic mass is 127. The van der Waals surface area contributed by atoms with Crippen molar-refractivity contribution in [1.29, 1.82) is 0 Å². The summed E-state index contributed by atoms with van der Waals surface area (Å²) in [5, 5.41) is 4.82. The van der Waals surface area contributed by atoms with E-state index in [1.165, 1.54) is 27.7 Å². The lowest BCUT2D eigenvalue weighted by Crippen LogP contribution is -2.39. The van der Waals surface area contributed by atoms with Crippen LogP contribution in [0.1, 0.15) is 16.8 Å². The van der Waals surface area contributed by atoms with Gasteiger partial charge in [0, 0.05) is 56.7 Å². The number of benzene rings is 1. The highest BCUT2D eigenvalue weighted by molar-refractivity contribution is 14.0. The minimum absolute atomic E-state index is 0. The molecule has 3 aromatic rings. The largest absolute Gasteiger partial charge is 0.361 e. The topological polar surface area (TPSA) is 48.4 Å². The zero-order valence-electron chi connectivity index (χ0n) is 15.9. The number of aromatic amines is 1. The van der Waals surface area contributed by atoms with Gasteiger partial charge in [-0.15, -0.1) is 24.0 Å². The second-order valence-corrected chi connectivity index (χ2v) is 6.50. The van der Waals surface area contributed by atoms with E-state index in [-0.39, 0.29) is 24.0 Å². The van der Waals surface area contributed by atoms with E-state index in [9.17, 15) is 0 Å². The number of H-pyrrole nitrogens is 1. The molecule has 0 saturated carbocycles. The van der Waals surface area contributed by atoms with Gasteiger partial charge in [-0.25, -0.2) is 0 Å². The number of aliphatic imine (C=N–C) groups is 1. The third kappa shape index (κ3) is 4.41. The molecule has 2 heterocycles. The molecule has 0 radical (unpaired) electrons. The second-order valence-electron chi connectivity index (χ2n) is 6.50. The first kappa shape index (κ1) is 20.4. The lowest BCUT2D eigenvalue weighted by atomic mass is 10.1. The van der Waals surface area contributed by atoms with Crippen LogP contribution in [0.25, 0.3) is 10.9 Å². The molecule has 5 nitrogen and oxygen atoms in total. The molecule has 0 amide bonds. The van der Waals surface area contributed by atoms with Crippen LogP contribution in [0.5, 0.6) is 0 Å². The Bertz CT molecular complexity index is 877. The Kier molecular flexibility index (Phi) is 7.14. The standard InChI is InChI=1S/C20H27N5.HI/c1-15-7-5-9-18-19(15)16(13-23-18)10-11-22-20(21-2)25(4)14-17-8-6-12-24(17)3;/h5-9,12-13,23H,10-11,14H2,1-4H3,(H,21,22);1H. The Morgan fingerprint density at radius 1 is 1.27 bits per heavy atom. The highest BCUT2D eigenvalue weighted by Gasteiger charge is 2.09. The van der Waals surface area contributed by atoms with E-state index < -0.39 is 0 Å². The van der Waals surface area contributed by atoms with Gasteiger partial charge < -0.3 is 19.8 Å². The number of hydrogen-bond acceptors (Lipinski definition) is 1. The maximum Gasteiger partial charge on any atom is 0.193 e.